The average Bonchev–Trinajstić information content (AvgIpc) is 0.922. The maximum absolute atomic E-state index is 13.1. The second-order valence-electron chi connectivity index (χ2n) is 27.7. The van der Waals surface area contributed by atoms with Crippen molar-refractivity contribution in [2.45, 2.75) is 393 Å². The van der Waals surface area contributed by atoms with Gasteiger partial charge in [0.2, 0.25) is 0 Å². The number of hydrogen-bond acceptors (Lipinski definition) is 15. The van der Waals surface area contributed by atoms with Gasteiger partial charge in [-0.25, -0.2) is 9.13 Å². The number of rotatable bonds is 78. The molecule has 0 fully saturated rings. The Morgan fingerprint density at radius 1 is 0.275 bits per heavy atom. The fourth-order valence-corrected chi connectivity index (χ4v) is 12.9. The van der Waals surface area contributed by atoms with Crippen molar-refractivity contribution in [1.29, 1.82) is 0 Å². The normalized spacial score (nSPS) is 14.2. The Bertz CT molecular complexity index is 2210. The Morgan fingerprint density at radius 3 is 0.794 bits per heavy atom. The lowest BCUT2D eigenvalue weighted by atomic mass is 10.0. The van der Waals surface area contributed by atoms with Gasteiger partial charge in [-0.15, -0.1) is 0 Å². The molecule has 2 unspecified atom stereocenters. The molecule has 0 aromatic rings. The van der Waals surface area contributed by atoms with Gasteiger partial charge in [0, 0.05) is 25.7 Å². The van der Waals surface area contributed by atoms with Crippen LogP contribution in [0.25, 0.3) is 0 Å². The third kappa shape index (κ3) is 74.8. The topological polar surface area (TPSA) is 237 Å². The number of ether oxygens (including phenoxy) is 4. The number of aliphatic hydroxyl groups is 1. The standard InChI is InChI=1S/C83H150O17P2/c1-5-9-13-17-21-25-29-33-36-38-41-44-48-52-56-60-64-68-81(86)94-74-79(99-82(87)69-65-61-57-53-49-45-40-35-31-27-23-19-15-11-7-3)76-98-102(91,92)96-72-77(84)71-95-101(89,90)97-75-78(73-93-80(85)67-63-59-55-51-47-43-32-28-24-20-16-12-8-4)100-83(88)70-66-62-58-54-50-46-42-39-37-34-30-26-22-18-14-10-6-2/h22-23,26-27,34-35,37,40,42,46,54,58,77-79,84H,5-21,24-25,28-33,36,38-39,41,43-45,47-53,55-57,59-76H2,1-4H3,(H,89,90)(H,91,92)/b26-22-,27-23-,37-34-,40-35-,46-42-,58-54-/t77-,78+,79+/m0/s1. The van der Waals surface area contributed by atoms with Gasteiger partial charge < -0.3 is 33.8 Å². The van der Waals surface area contributed by atoms with E-state index in [9.17, 15) is 43.2 Å². The third-order valence-corrected chi connectivity index (χ3v) is 19.6. The zero-order chi connectivity index (χ0) is 74.6. The van der Waals surface area contributed by atoms with Crippen LogP contribution in [0.3, 0.4) is 0 Å². The zero-order valence-corrected chi connectivity index (χ0v) is 66.8. The largest absolute Gasteiger partial charge is 0.472 e. The van der Waals surface area contributed by atoms with E-state index in [1.54, 1.807) is 0 Å². The van der Waals surface area contributed by atoms with Crippen molar-refractivity contribution >= 4 is 39.5 Å². The number of carbonyl (C=O) groups is 4. The van der Waals surface area contributed by atoms with Crippen LogP contribution in [0, 0.1) is 0 Å². The van der Waals surface area contributed by atoms with E-state index in [4.69, 9.17) is 37.0 Å². The second-order valence-corrected chi connectivity index (χ2v) is 30.6. The van der Waals surface area contributed by atoms with Gasteiger partial charge in [-0.1, -0.05) is 325 Å². The molecule has 102 heavy (non-hydrogen) atoms. The fraction of sp³-hybridized carbons (Fsp3) is 0.807. The molecule has 594 valence electrons. The van der Waals surface area contributed by atoms with Crippen LogP contribution >= 0.6 is 15.6 Å². The van der Waals surface area contributed by atoms with Gasteiger partial charge in [0.15, 0.2) is 12.2 Å². The smallest absolute Gasteiger partial charge is 0.462 e. The Balaban J connectivity index is 5.37. The molecule has 0 aliphatic carbocycles. The molecule has 0 aromatic heterocycles. The monoisotopic (exact) mass is 1480 g/mol. The molecule has 5 atom stereocenters. The summed E-state index contributed by atoms with van der Waals surface area (Å²) in [6.07, 6.45) is 77.4. The van der Waals surface area contributed by atoms with E-state index < -0.39 is 97.5 Å². The van der Waals surface area contributed by atoms with Crippen LogP contribution in [0.2, 0.25) is 0 Å². The first-order valence-electron chi connectivity index (χ1n) is 41.2. The number of phosphoric acid groups is 2. The van der Waals surface area contributed by atoms with E-state index in [2.05, 4.69) is 88.5 Å². The Labute approximate surface area is 622 Å². The highest BCUT2D eigenvalue weighted by atomic mass is 31.2. The number of esters is 4. The van der Waals surface area contributed by atoms with E-state index >= 15 is 0 Å². The van der Waals surface area contributed by atoms with Gasteiger partial charge in [0.05, 0.1) is 26.4 Å². The third-order valence-electron chi connectivity index (χ3n) is 17.7. The van der Waals surface area contributed by atoms with Crippen molar-refractivity contribution in [3.8, 4) is 0 Å². The fourth-order valence-electron chi connectivity index (χ4n) is 11.4. The van der Waals surface area contributed by atoms with E-state index in [1.165, 1.54) is 180 Å². The lowest BCUT2D eigenvalue weighted by Gasteiger charge is -2.21. The van der Waals surface area contributed by atoms with E-state index in [1.807, 2.05) is 12.2 Å². The SMILES string of the molecule is CCCCC/C=C\C/C=C\C/C=C\C/C=C\CCCC(=O)O[C@H](COC(=O)CCCCCCCCCCCCCCC)COP(=O)(O)OC[C@H](O)COP(=O)(O)OC[C@@H](COC(=O)CCCCCCCCCCCCCCCCCCC)OC(=O)CCCCCCC/C=C\C/C=C\CCCCC. The summed E-state index contributed by atoms with van der Waals surface area (Å²) in [5, 5.41) is 10.6. The highest BCUT2D eigenvalue weighted by molar-refractivity contribution is 7.47. The summed E-state index contributed by atoms with van der Waals surface area (Å²) < 4.78 is 68.6. The van der Waals surface area contributed by atoms with Crippen LogP contribution in [0.1, 0.15) is 374 Å². The van der Waals surface area contributed by atoms with Crippen molar-refractivity contribution in [1.82, 2.24) is 0 Å². The maximum Gasteiger partial charge on any atom is 0.472 e. The van der Waals surface area contributed by atoms with E-state index in [0.29, 0.717) is 32.1 Å². The van der Waals surface area contributed by atoms with E-state index in [-0.39, 0.29) is 25.7 Å². The van der Waals surface area contributed by atoms with Gasteiger partial charge in [-0.3, -0.25) is 37.3 Å². The van der Waals surface area contributed by atoms with Crippen molar-refractivity contribution in [2.24, 2.45) is 0 Å². The molecule has 0 saturated carbocycles. The van der Waals surface area contributed by atoms with Crippen molar-refractivity contribution < 1.29 is 80.2 Å². The molecule has 0 amide bonds. The Hall–Kier alpha value is -3.50. The molecule has 3 N–H and O–H groups in total. The quantitative estimate of drug-likeness (QED) is 0.0169. The molecule has 19 heteroatoms. The summed E-state index contributed by atoms with van der Waals surface area (Å²) in [6.45, 7) is 4.82. The summed E-state index contributed by atoms with van der Waals surface area (Å²) in [7, 11) is -9.96. The minimum absolute atomic E-state index is 0.0231. The maximum atomic E-state index is 13.1. The number of allylic oxidation sites excluding steroid dienone is 12. The number of aliphatic hydroxyl groups excluding tert-OH is 1. The highest BCUT2D eigenvalue weighted by Crippen LogP contribution is 2.45. The first-order chi connectivity index (χ1) is 49.7. The number of hydrogen-bond donors (Lipinski definition) is 3. The first kappa shape index (κ1) is 98.5. The lowest BCUT2D eigenvalue weighted by molar-refractivity contribution is -0.161. The zero-order valence-electron chi connectivity index (χ0n) is 65.0. The minimum Gasteiger partial charge on any atom is -0.462 e. The molecule has 0 saturated heterocycles. The highest BCUT2D eigenvalue weighted by Gasteiger charge is 2.30. The number of carbonyl (C=O) groups excluding carboxylic acids is 4. The van der Waals surface area contributed by atoms with Crippen LogP contribution in [-0.2, 0) is 65.4 Å². The molecule has 0 aromatic carbocycles. The molecule has 0 aliphatic rings. The minimum atomic E-state index is -4.99. The van der Waals surface area contributed by atoms with E-state index in [0.717, 1.165) is 109 Å². The van der Waals surface area contributed by atoms with Gasteiger partial charge >= 0.3 is 39.5 Å². The predicted molar refractivity (Wildman–Crippen MR) is 418 cm³/mol. The number of unbranched alkanes of at least 4 members (excludes halogenated alkanes) is 40. The molecular formula is C83H150O17P2. The molecule has 0 heterocycles. The summed E-state index contributed by atoms with van der Waals surface area (Å²) in [5.74, 6) is -2.22. The van der Waals surface area contributed by atoms with Gasteiger partial charge in [-0.05, 0) is 96.3 Å². The van der Waals surface area contributed by atoms with Crippen LogP contribution in [0.4, 0.5) is 0 Å². The van der Waals surface area contributed by atoms with Gasteiger partial charge in [0.1, 0.15) is 19.3 Å². The molecule has 0 aliphatic heterocycles. The first-order valence-corrected chi connectivity index (χ1v) is 44.2. The van der Waals surface area contributed by atoms with Gasteiger partial charge in [0.25, 0.3) is 0 Å². The Morgan fingerprint density at radius 2 is 0.490 bits per heavy atom. The molecule has 0 spiro atoms. The molecule has 17 nitrogen and oxygen atoms in total. The lowest BCUT2D eigenvalue weighted by Crippen LogP contribution is -2.30. The number of phosphoric ester groups is 2. The summed E-state index contributed by atoms with van der Waals surface area (Å²) in [4.78, 5) is 73.0. The Kier molecular flexibility index (Phi) is 73.1. The van der Waals surface area contributed by atoms with Gasteiger partial charge in [-0.2, -0.15) is 0 Å². The molecule has 0 bridgehead atoms. The summed E-state index contributed by atoms with van der Waals surface area (Å²) >= 11 is 0. The van der Waals surface area contributed by atoms with Crippen LogP contribution in [0.15, 0.2) is 72.9 Å². The predicted octanol–water partition coefficient (Wildman–Crippen LogP) is 24.0. The molecule has 0 rings (SSSR count). The van der Waals surface area contributed by atoms with Crippen LogP contribution in [-0.4, -0.2) is 96.7 Å². The van der Waals surface area contributed by atoms with Crippen molar-refractivity contribution in [3.05, 3.63) is 72.9 Å². The van der Waals surface area contributed by atoms with Crippen molar-refractivity contribution in [2.75, 3.05) is 39.6 Å². The average molecular weight is 1480 g/mol. The second kappa shape index (κ2) is 75.7. The summed E-state index contributed by atoms with van der Waals surface area (Å²) in [6, 6.07) is 0. The van der Waals surface area contributed by atoms with Crippen LogP contribution in [0.5, 0.6) is 0 Å². The van der Waals surface area contributed by atoms with Crippen molar-refractivity contribution in [3.63, 3.8) is 0 Å². The van der Waals surface area contributed by atoms with Crippen LogP contribution < -0.4 is 0 Å². The summed E-state index contributed by atoms with van der Waals surface area (Å²) in [5.41, 5.74) is 0. The molecule has 0 radical (unpaired) electrons. The molecular weight excluding hydrogens is 1330 g/mol.